The number of hydrogen-bond donors (Lipinski definition) is 1. The van der Waals surface area contributed by atoms with Crippen LogP contribution < -0.4 is 9.80 Å². The van der Waals surface area contributed by atoms with Crippen molar-refractivity contribution in [2.24, 2.45) is 5.92 Å². The van der Waals surface area contributed by atoms with Gasteiger partial charge in [-0.05, 0) is 29.7 Å². The molecule has 7 nitrogen and oxygen atoms in total. The van der Waals surface area contributed by atoms with Gasteiger partial charge in [-0.3, -0.25) is 14.5 Å². The number of carbonyl (C=O) groups is 2. The summed E-state index contributed by atoms with van der Waals surface area (Å²) in [7, 11) is 5.55. The Morgan fingerprint density at radius 1 is 0.944 bits per heavy atom. The van der Waals surface area contributed by atoms with Gasteiger partial charge < -0.3 is 10.0 Å². The highest BCUT2D eigenvalue weighted by Gasteiger charge is 2.27. The van der Waals surface area contributed by atoms with Crippen LogP contribution in [-0.4, -0.2) is 48.1 Å². The van der Waals surface area contributed by atoms with Gasteiger partial charge in [0, 0.05) is 43.8 Å². The van der Waals surface area contributed by atoms with Crippen molar-refractivity contribution in [2.75, 3.05) is 30.9 Å². The Bertz CT molecular complexity index is 1340. The Labute approximate surface area is 214 Å². The second-order valence-electron chi connectivity index (χ2n) is 8.74. The van der Waals surface area contributed by atoms with E-state index in [-0.39, 0.29) is 12.3 Å². The van der Waals surface area contributed by atoms with Gasteiger partial charge in [-0.25, -0.2) is 9.97 Å². The second-order valence-corrected chi connectivity index (χ2v) is 9.58. The Kier molecular flexibility index (Phi) is 7.75. The molecule has 4 aromatic rings. The molecule has 2 aromatic heterocycles. The van der Waals surface area contributed by atoms with Gasteiger partial charge in [-0.1, -0.05) is 54.6 Å². The molecule has 1 amide bonds. The van der Waals surface area contributed by atoms with Crippen molar-refractivity contribution in [3.05, 3.63) is 83.9 Å². The summed E-state index contributed by atoms with van der Waals surface area (Å²) in [5.41, 5.74) is 4.58. The standard InChI is InChI=1S/C28H28N4O3S/c1-31(2)25-14-13-20(17-29-25)22-11-7-8-12-23(22)24-18-36-28(30-24)32(3)27(35)21(16-26(33)34)15-19-9-5-4-6-10-19/h4-14,17-18,21H,15-16H2,1-3H3,(H,33,34). The Morgan fingerprint density at radius 3 is 2.28 bits per heavy atom. The monoisotopic (exact) mass is 500 g/mol. The van der Waals surface area contributed by atoms with E-state index in [4.69, 9.17) is 4.98 Å². The van der Waals surface area contributed by atoms with Crippen LogP contribution in [0.3, 0.4) is 0 Å². The predicted molar refractivity (Wildman–Crippen MR) is 144 cm³/mol. The summed E-state index contributed by atoms with van der Waals surface area (Å²) in [5, 5.41) is 11.9. The number of hydrogen-bond acceptors (Lipinski definition) is 6. The molecule has 8 heteroatoms. The lowest BCUT2D eigenvalue weighted by Gasteiger charge is -2.21. The van der Waals surface area contributed by atoms with E-state index >= 15 is 0 Å². The first kappa shape index (κ1) is 25.1. The predicted octanol–water partition coefficient (Wildman–Crippen LogP) is 5.23. The Hall–Kier alpha value is -4.04. The summed E-state index contributed by atoms with van der Waals surface area (Å²) in [5.74, 6) is -1.08. The minimum absolute atomic E-state index is 0.241. The van der Waals surface area contributed by atoms with Crippen LogP contribution in [0.5, 0.6) is 0 Å². The molecule has 2 heterocycles. The first-order chi connectivity index (χ1) is 17.3. The zero-order valence-corrected chi connectivity index (χ0v) is 21.3. The van der Waals surface area contributed by atoms with Crippen molar-refractivity contribution in [3.63, 3.8) is 0 Å². The molecule has 0 fully saturated rings. The number of benzene rings is 2. The van der Waals surface area contributed by atoms with Gasteiger partial charge in [0.15, 0.2) is 5.13 Å². The average molecular weight is 501 g/mol. The van der Waals surface area contributed by atoms with Crippen LogP contribution in [-0.2, 0) is 16.0 Å². The molecule has 0 saturated heterocycles. The van der Waals surface area contributed by atoms with Gasteiger partial charge in [0.1, 0.15) is 5.82 Å². The molecule has 184 valence electrons. The van der Waals surface area contributed by atoms with Crippen molar-refractivity contribution < 1.29 is 14.7 Å². The molecule has 0 radical (unpaired) electrons. The quantitative estimate of drug-likeness (QED) is 0.338. The molecular weight excluding hydrogens is 472 g/mol. The number of carbonyl (C=O) groups excluding carboxylic acids is 1. The lowest BCUT2D eigenvalue weighted by Crippen LogP contribution is -2.35. The highest BCUT2D eigenvalue weighted by molar-refractivity contribution is 7.14. The number of rotatable bonds is 9. The van der Waals surface area contributed by atoms with E-state index in [0.717, 1.165) is 33.8 Å². The SMILES string of the molecule is CN(C)c1ccc(-c2ccccc2-c2csc(N(C)C(=O)C(CC(=O)O)Cc3ccccc3)n2)cn1. The fourth-order valence-corrected chi connectivity index (χ4v) is 4.83. The number of carboxylic acids is 1. The topological polar surface area (TPSA) is 86.6 Å². The van der Waals surface area contributed by atoms with Crippen LogP contribution in [0.25, 0.3) is 22.4 Å². The number of aliphatic carboxylic acids is 1. The third-order valence-electron chi connectivity index (χ3n) is 5.92. The first-order valence-corrected chi connectivity index (χ1v) is 12.4. The second kappa shape index (κ2) is 11.1. The van der Waals surface area contributed by atoms with Gasteiger partial charge in [-0.15, -0.1) is 11.3 Å². The maximum atomic E-state index is 13.3. The molecule has 0 saturated carbocycles. The van der Waals surface area contributed by atoms with Crippen LogP contribution in [0.15, 0.2) is 78.3 Å². The fraction of sp³-hybridized carbons (Fsp3) is 0.214. The van der Waals surface area contributed by atoms with E-state index in [1.807, 2.05) is 97.3 Å². The normalized spacial score (nSPS) is 11.6. The minimum atomic E-state index is -1.000. The van der Waals surface area contributed by atoms with Gasteiger partial charge in [0.05, 0.1) is 18.0 Å². The first-order valence-electron chi connectivity index (χ1n) is 11.6. The van der Waals surface area contributed by atoms with Crippen LogP contribution >= 0.6 is 11.3 Å². The highest BCUT2D eigenvalue weighted by Crippen LogP contribution is 2.35. The average Bonchev–Trinajstić information content (AvgIpc) is 3.38. The van der Waals surface area contributed by atoms with Crippen LogP contribution in [0.2, 0.25) is 0 Å². The minimum Gasteiger partial charge on any atom is -0.481 e. The Balaban J connectivity index is 1.59. The number of amides is 1. The summed E-state index contributed by atoms with van der Waals surface area (Å²) >= 11 is 1.36. The number of nitrogens with zero attached hydrogens (tertiary/aromatic N) is 4. The van der Waals surface area contributed by atoms with Gasteiger partial charge >= 0.3 is 5.97 Å². The van der Waals surface area contributed by atoms with E-state index in [9.17, 15) is 14.7 Å². The molecule has 0 aliphatic rings. The van der Waals surface area contributed by atoms with Crippen LogP contribution in [0.1, 0.15) is 12.0 Å². The fourth-order valence-electron chi connectivity index (χ4n) is 4.03. The van der Waals surface area contributed by atoms with E-state index in [0.29, 0.717) is 11.6 Å². The molecule has 2 aromatic carbocycles. The molecule has 1 unspecified atom stereocenters. The summed E-state index contributed by atoms with van der Waals surface area (Å²) < 4.78 is 0. The van der Waals surface area contributed by atoms with Crippen molar-refractivity contribution in [3.8, 4) is 22.4 Å². The van der Waals surface area contributed by atoms with Crippen molar-refractivity contribution in [1.82, 2.24) is 9.97 Å². The number of aromatic nitrogens is 2. The largest absolute Gasteiger partial charge is 0.481 e. The summed E-state index contributed by atoms with van der Waals surface area (Å²) in [4.78, 5) is 37.5. The van der Waals surface area contributed by atoms with Crippen molar-refractivity contribution >= 4 is 34.2 Å². The third-order valence-corrected chi connectivity index (χ3v) is 6.84. The Morgan fingerprint density at radius 2 is 1.64 bits per heavy atom. The number of carboxylic acid groups (broad SMARTS) is 1. The zero-order valence-electron chi connectivity index (χ0n) is 20.5. The van der Waals surface area contributed by atoms with Gasteiger partial charge in [0.2, 0.25) is 5.91 Å². The van der Waals surface area contributed by atoms with E-state index in [2.05, 4.69) is 4.98 Å². The highest BCUT2D eigenvalue weighted by atomic mass is 32.1. The summed E-state index contributed by atoms with van der Waals surface area (Å²) in [6.07, 6.45) is 1.96. The molecule has 1 N–H and O–H groups in total. The number of pyridine rings is 1. The lowest BCUT2D eigenvalue weighted by atomic mass is 9.95. The summed E-state index contributed by atoms with van der Waals surface area (Å²) in [6, 6.07) is 21.4. The van der Waals surface area contributed by atoms with Crippen molar-refractivity contribution in [1.29, 1.82) is 0 Å². The molecule has 0 aliphatic carbocycles. The summed E-state index contributed by atoms with van der Waals surface area (Å²) in [6.45, 7) is 0. The van der Waals surface area contributed by atoms with E-state index < -0.39 is 11.9 Å². The molecule has 0 spiro atoms. The maximum Gasteiger partial charge on any atom is 0.304 e. The van der Waals surface area contributed by atoms with E-state index in [1.165, 1.54) is 16.2 Å². The van der Waals surface area contributed by atoms with Crippen LogP contribution in [0, 0.1) is 5.92 Å². The van der Waals surface area contributed by atoms with E-state index in [1.54, 1.807) is 7.05 Å². The molecule has 0 aliphatic heterocycles. The third kappa shape index (κ3) is 5.78. The van der Waals surface area contributed by atoms with Crippen molar-refractivity contribution in [2.45, 2.75) is 12.8 Å². The molecule has 36 heavy (non-hydrogen) atoms. The lowest BCUT2D eigenvalue weighted by molar-refractivity contribution is -0.140. The smallest absolute Gasteiger partial charge is 0.304 e. The van der Waals surface area contributed by atoms with Gasteiger partial charge in [0.25, 0.3) is 0 Å². The van der Waals surface area contributed by atoms with Crippen LogP contribution in [0.4, 0.5) is 10.9 Å². The van der Waals surface area contributed by atoms with Gasteiger partial charge in [-0.2, -0.15) is 0 Å². The maximum absolute atomic E-state index is 13.3. The molecule has 4 rings (SSSR count). The number of thiazole rings is 1. The molecule has 0 bridgehead atoms. The molecule has 1 atom stereocenters. The molecular formula is C28H28N4O3S. The zero-order chi connectivity index (χ0) is 25.7. The number of anilines is 2.